The molecule has 1 aromatic carbocycles. The summed E-state index contributed by atoms with van der Waals surface area (Å²) in [5.41, 5.74) is 1.87. The molecule has 4 heteroatoms. The average molecular weight is 263 g/mol. The Morgan fingerprint density at radius 1 is 1.38 bits per heavy atom. The van der Waals surface area contributed by atoms with Crippen molar-refractivity contribution in [1.29, 1.82) is 0 Å². The normalized spacial score (nSPS) is 11.6. The minimum atomic E-state index is -2.93. The summed E-state index contributed by atoms with van der Waals surface area (Å²) in [6.07, 6.45) is 1.24. The highest BCUT2D eigenvalue weighted by atomic mass is 79.9. The molecule has 0 fully saturated rings. The number of sulfone groups is 1. The van der Waals surface area contributed by atoms with Gasteiger partial charge in [-0.15, -0.1) is 0 Å². The van der Waals surface area contributed by atoms with Crippen LogP contribution in [0.25, 0.3) is 0 Å². The lowest BCUT2D eigenvalue weighted by atomic mass is 10.1. The maximum Gasteiger partial charge on any atom is 0.151 e. The lowest BCUT2D eigenvalue weighted by molar-refractivity contribution is 0.601. The Kier molecular flexibility index (Phi) is 3.14. The van der Waals surface area contributed by atoms with Crippen molar-refractivity contribution in [1.82, 2.24) is 0 Å². The van der Waals surface area contributed by atoms with Gasteiger partial charge in [0.15, 0.2) is 9.84 Å². The molecule has 0 aromatic heterocycles. The fraction of sp³-hybridized carbons (Fsp3) is 0.333. The Hall–Kier alpha value is -0.350. The van der Waals surface area contributed by atoms with Crippen LogP contribution in [0.2, 0.25) is 0 Å². The van der Waals surface area contributed by atoms with Gasteiger partial charge in [0, 0.05) is 10.7 Å². The highest BCUT2D eigenvalue weighted by Crippen LogP contribution is 2.17. The van der Waals surface area contributed by atoms with Crippen LogP contribution >= 0.6 is 15.9 Å². The highest BCUT2D eigenvalue weighted by molar-refractivity contribution is 9.10. The lowest BCUT2D eigenvalue weighted by Crippen LogP contribution is -2.02. The van der Waals surface area contributed by atoms with Gasteiger partial charge in [0.2, 0.25) is 0 Å². The lowest BCUT2D eigenvalue weighted by Gasteiger charge is -2.04. The summed E-state index contributed by atoms with van der Waals surface area (Å²) in [4.78, 5) is 0. The second-order valence-corrected chi connectivity index (χ2v) is 6.20. The fourth-order valence-electron chi connectivity index (χ4n) is 1.10. The molecular formula is C9H11BrO2S. The Balaban J connectivity index is 3.04. The summed E-state index contributed by atoms with van der Waals surface area (Å²) >= 11 is 3.33. The van der Waals surface area contributed by atoms with Crippen LogP contribution in [0, 0.1) is 6.92 Å². The third kappa shape index (κ3) is 3.48. The Morgan fingerprint density at radius 3 is 2.46 bits per heavy atom. The van der Waals surface area contributed by atoms with Crippen molar-refractivity contribution in [3.63, 3.8) is 0 Å². The van der Waals surface area contributed by atoms with E-state index in [1.165, 1.54) is 6.26 Å². The average Bonchev–Trinajstić information content (AvgIpc) is 1.93. The van der Waals surface area contributed by atoms with Gasteiger partial charge >= 0.3 is 0 Å². The summed E-state index contributed by atoms with van der Waals surface area (Å²) in [6.45, 7) is 1.91. The molecule has 0 unspecified atom stereocenters. The van der Waals surface area contributed by atoms with E-state index in [4.69, 9.17) is 0 Å². The van der Waals surface area contributed by atoms with E-state index in [0.717, 1.165) is 15.6 Å². The molecule has 0 atom stereocenters. The molecule has 0 aliphatic carbocycles. The van der Waals surface area contributed by atoms with E-state index in [0.29, 0.717) is 0 Å². The molecule has 0 heterocycles. The second-order valence-electron chi connectivity index (χ2n) is 3.14. The van der Waals surface area contributed by atoms with E-state index < -0.39 is 9.84 Å². The number of rotatable bonds is 2. The van der Waals surface area contributed by atoms with Crippen LogP contribution in [-0.4, -0.2) is 14.7 Å². The van der Waals surface area contributed by atoms with Crippen LogP contribution in [0.3, 0.4) is 0 Å². The van der Waals surface area contributed by atoms with Gasteiger partial charge in [0.25, 0.3) is 0 Å². The summed E-state index contributed by atoms with van der Waals surface area (Å²) < 4.78 is 23.0. The molecule has 0 saturated heterocycles. The molecular weight excluding hydrogens is 252 g/mol. The van der Waals surface area contributed by atoms with Gasteiger partial charge in [0.1, 0.15) is 0 Å². The van der Waals surface area contributed by atoms with Crippen molar-refractivity contribution in [2.75, 3.05) is 6.26 Å². The number of aryl methyl sites for hydroxylation is 1. The zero-order valence-electron chi connectivity index (χ0n) is 7.54. The summed E-state index contributed by atoms with van der Waals surface area (Å²) in [6, 6.07) is 5.61. The van der Waals surface area contributed by atoms with Crippen molar-refractivity contribution in [2.24, 2.45) is 0 Å². The molecule has 0 bridgehead atoms. The van der Waals surface area contributed by atoms with Gasteiger partial charge in [-0.05, 0) is 30.2 Å². The first-order valence-electron chi connectivity index (χ1n) is 3.81. The first-order valence-corrected chi connectivity index (χ1v) is 6.66. The minimum absolute atomic E-state index is 0.117. The predicted molar refractivity (Wildman–Crippen MR) is 57.4 cm³/mol. The van der Waals surface area contributed by atoms with Crippen molar-refractivity contribution in [3.05, 3.63) is 33.8 Å². The standard InChI is InChI=1S/C9H11BrO2S/c1-7-5-9(10)4-3-8(7)6-13(2,11)12/h3-5H,6H2,1-2H3. The Morgan fingerprint density at radius 2 is 2.00 bits per heavy atom. The molecule has 2 nitrogen and oxygen atoms in total. The third-order valence-corrected chi connectivity index (χ3v) is 3.05. The van der Waals surface area contributed by atoms with Gasteiger partial charge in [-0.1, -0.05) is 22.0 Å². The molecule has 0 amide bonds. The van der Waals surface area contributed by atoms with Gasteiger partial charge in [-0.2, -0.15) is 0 Å². The largest absolute Gasteiger partial charge is 0.229 e. The van der Waals surface area contributed by atoms with Crippen LogP contribution in [0.5, 0.6) is 0 Å². The second kappa shape index (κ2) is 3.80. The molecule has 0 aliphatic rings. The van der Waals surface area contributed by atoms with Gasteiger partial charge < -0.3 is 0 Å². The molecule has 0 radical (unpaired) electrons. The van der Waals surface area contributed by atoms with E-state index >= 15 is 0 Å². The molecule has 1 rings (SSSR count). The highest BCUT2D eigenvalue weighted by Gasteiger charge is 2.06. The number of hydrogen-bond acceptors (Lipinski definition) is 2. The summed E-state index contributed by atoms with van der Waals surface area (Å²) in [5.74, 6) is 0.117. The Bertz CT molecular complexity index is 410. The Labute approximate surface area is 87.0 Å². The predicted octanol–water partition coefficient (Wildman–Crippen LogP) is 2.30. The maximum atomic E-state index is 11.0. The summed E-state index contributed by atoms with van der Waals surface area (Å²) in [7, 11) is -2.93. The molecule has 0 spiro atoms. The van der Waals surface area contributed by atoms with Gasteiger partial charge in [0.05, 0.1) is 5.75 Å². The number of hydrogen-bond donors (Lipinski definition) is 0. The van der Waals surface area contributed by atoms with Crippen LogP contribution in [0.4, 0.5) is 0 Å². The van der Waals surface area contributed by atoms with E-state index in [-0.39, 0.29) is 5.75 Å². The topological polar surface area (TPSA) is 34.1 Å². The van der Waals surface area contributed by atoms with Crippen LogP contribution in [0.15, 0.2) is 22.7 Å². The quantitative estimate of drug-likeness (QED) is 0.820. The minimum Gasteiger partial charge on any atom is -0.229 e. The van der Waals surface area contributed by atoms with Crippen LogP contribution < -0.4 is 0 Å². The first-order chi connectivity index (χ1) is 5.88. The molecule has 1 aromatic rings. The zero-order valence-corrected chi connectivity index (χ0v) is 9.94. The van der Waals surface area contributed by atoms with Gasteiger partial charge in [-0.25, -0.2) is 8.42 Å². The zero-order chi connectivity index (χ0) is 10.1. The maximum absolute atomic E-state index is 11.0. The van der Waals surface area contributed by atoms with E-state index in [9.17, 15) is 8.42 Å². The van der Waals surface area contributed by atoms with Gasteiger partial charge in [-0.3, -0.25) is 0 Å². The van der Waals surface area contributed by atoms with Crippen LogP contribution in [0.1, 0.15) is 11.1 Å². The molecule has 0 aliphatic heterocycles. The molecule has 72 valence electrons. The van der Waals surface area contributed by atoms with Crippen molar-refractivity contribution >= 4 is 25.8 Å². The number of halogens is 1. The monoisotopic (exact) mass is 262 g/mol. The van der Waals surface area contributed by atoms with E-state index in [1.807, 2.05) is 25.1 Å². The number of benzene rings is 1. The SMILES string of the molecule is Cc1cc(Br)ccc1CS(C)(=O)=O. The smallest absolute Gasteiger partial charge is 0.151 e. The van der Waals surface area contributed by atoms with Crippen molar-refractivity contribution in [3.8, 4) is 0 Å². The van der Waals surface area contributed by atoms with Crippen molar-refractivity contribution in [2.45, 2.75) is 12.7 Å². The van der Waals surface area contributed by atoms with E-state index in [2.05, 4.69) is 15.9 Å². The first kappa shape index (κ1) is 10.7. The molecule has 13 heavy (non-hydrogen) atoms. The molecule has 0 N–H and O–H groups in total. The fourth-order valence-corrected chi connectivity index (χ4v) is 2.47. The van der Waals surface area contributed by atoms with E-state index in [1.54, 1.807) is 0 Å². The summed E-state index contributed by atoms with van der Waals surface area (Å²) in [5, 5.41) is 0. The van der Waals surface area contributed by atoms with Crippen LogP contribution in [-0.2, 0) is 15.6 Å². The third-order valence-electron chi connectivity index (χ3n) is 1.72. The molecule has 0 saturated carbocycles. The van der Waals surface area contributed by atoms with Crippen molar-refractivity contribution < 1.29 is 8.42 Å².